The Morgan fingerprint density at radius 1 is 1.12 bits per heavy atom. The summed E-state index contributed by atoms with van der Waals surface area (Å²) in [5.74, 6) is 0.611. The Kier molecular flexibility index (Phi) is 4.52. The maximum absolute atomic E-state index is 14.1. The van der Waals surface area contributed by atoms with Gasteiger partial charge in [0.15, 0.2) is 0 Å². The van der Waals surface area contributed by atoms with Gasteiger partial charge in [-0.25, -0.2) is 4.39 Å². The van der Waals surface area contributed by atoms with E-state index in [9.17, 15) is 4.39 Å². The molecule has 0 amide bonds. The van der Waals surface area contributed by atoms with E-state index < -0.39 is 0 Å². The normalized spacial score (nSPS) is 13.9. The minimum atomic E-state index is -0.232. The van der Waals surface area contributed by atoms with Gasteiger partial charge >= 0.3 is 0 Å². The molecule has 0 bridgehead atoms. The number of ether oxygens (including phenoxy) is 1. The predicted molar refractivity (Wildman–Crippen MR) is 97.5 cm³/mol. The number of allylic oxidation sites excluding steroid dienone is 3. The predicted octanol–water partition coefficient (Wildman–Crippen LogP) is 5.46. The minimum Gasteiger partial charge on any atom is -0.494 e. The molecule has 0 fully saturated rings. The van der Waals surface area contributed by atoms with Crippen molar-refractivity contribution in [1.82, 2.24) is 0 Å². The van der Waals surface area contributed by atoms with Crippen LogP contribution < -0.4 is 9.64 Å². The van der Waals surface area contributed by atoms with Gasteiger partial charge in [0.25, 0.3) is 0 Å². The second-order valence-corrected chi connectivity index (χ2v) is 5.64. The summed E-state index contributed by atoms with van der Waals surface area (Å²) in [7, 11) is 0. The lowest BCUT2D eigenvalue weighted by Gasteiger charge is -2.27. The van der Waals surface area contributed by atoms with Crippen LogP contribution in [0.3, 0.4) is 0 Å². The van der Waals surface area contributed by atoms with Crippen LogP contribution in [-0.4, -0.2) is 6.61 Å². The fourth-order valence-corrected chi connectivity index (χ4v) is 2.76. The number of halogens is 1. The molecule has 1 aliphatic heterocycles. The van der Waals surface area contributed by atoms with Crippen LogP contribution in [-0.2, 0) is 0 Å². The van der Waals surface area contributed by atoms with Crippen LogP contribution in [0.15, 0.2) is 73.1 Å². The number of aryl methyl sites for hydroxylation is 1. The van der Waals surface area contributed by atoms with Crippen molar-refractivity contribution in [3.63, 3.8) is 0 Å². The molecule has 0 saturated heterocycles. The van der Waals surface area contributed by atoms with E-state index in [0.717, 1.165) is 28.3 Å². The van der Waals surface area contributed by atoms with Gasteiger partial charge in [-0.2, -0.15) is 0 Å². The van der Waals surface area contributed by atoms with E-state index in [1.54, 1.807) is 12.1 Å². The third-order valence-corrected chi connectivity index (χ3v) is 3.96. The van der Waals surface area contributed by atoms with E-state index in [2.05, 4.69) is 6.58 Å². The minimum absolute atomic E-state index is 0.232. The number of anilines is 1. The number of nitrogens with zero attached hydrogens (tertiary/aromatic N) is 1. The quantitative estimate of drug-likeness (QED) is 0.741. The standard InChI is InChI=1S/C21H20FNO/c1-4-24-18-11-12-21(15(2)13-18)23-14-17(10-9-16(23)3)19-7-5-6-8-20(19)22/h5-14H,3-4H2,1-2H3. The number of hydrogen-bond acceptors (Lipinski definition) is 2. The van der Waals surface area contributed by atoms with Crippen LogP contribution in [0.25, 0.3) is 5.57 Å². The summed E-state index contributed by atoms with van der Waals surface area (Å²) in [5.41, 5.74) is 4.30. The van der Waals surface area contributed by atoms with Gasteiger partial charge in [-0.1, -0.05) is 30.9 Å². The molecule has 2 nitrogen and oxygen atoms in total. The molecule has 0 spiro atoms. The van der Waals surface area contributed by atoms with Crippen LogP contribution >= 0.6 is 0 Å². The van der Waals surface area contributed by atoms with Gasteiger partial charge < -0.3 is 9.64 Å². The Morgan fingerprint density at radius 2 is 1.92 bits per heavy atom. The second-order valence-electron chi connectivity index (χ2n) is 5.64. The van der Waals surface area contributed by atoms with Crippen molar-refractivity contribution in [2.24, 2.45) is 0 Å². The Bertz CT molecular complexity index is 835. The smallest absolute Gasteiger partial charge is 0.131 e. The van der Waals surface area contributed by atoms with Crippen LogP contribution in [0.5, 0.6) is 5.75 Å². The van der Waals surface area contributed by atoms with Gasteiger partial charge in [-0.3, -0.25) is 0 Å². The first-order valence-electron chi connectivity index (χ1n) is 7.96. The van der Waals surface area contributed by atoms with Crippen LogP contribution in [0.2, 0.25) is 0 Å². The molecule has 122 valence electrons. The van der Waals surface area contributed by atoms with E-state index in [0.29, 0.717) is 12.2 Å². The van der Waals surface area contributed by atoms with Crippen molar-refractivity contribution in [3.8, 4) is 5.75 Å². The molecular formula is C21H20FNO. The fourth-order valence-electron chi connectivity index (χ4n) is 2.76. The van der Waals surface area contributed by atoms with E-state index >= 15 is 0 Å². The molecule has 0 radical (unpaired) electrons. The molecule has 1 heterocycles. The fraction of sp³-hybridized carbons (Fsp3) is 0.143. The molecule has 0 atom stereocenters. The van der Waals surface area contributed by atoms with Crippen molar-refractivity contribution >= 4 is 11.3 Å². The summed E-state index contributed by atoms with van der Waals surface area (Å²) in [6.07, 6.45) is 5.71. The van der Waals surface area contributed by atoms with Crippen molar-refractivity contribution in [2.75, 3.05) is 11.5 Å². The zero-order valence-electron chi connectivity index (χ0n) is 13.9. The maximum Gasteiger partial charge on any atom is 0.131 e. The molecule has 2 aromatic rings. The highest BCUT2D eigenvalue weighted by molar-refractivity contribution is 5.81. The summed E-state index contributed by atoms with van der Waals surface area (Å²) in [6.45, 7) is 8.72. The third-order valence-electron chi connectivity index (χ3n) is 3.96. The molecule has 0 saturated carbocycles. The van der Waals surface area contributed by atoms with Gasteiger partial charge in [0, 0.05) is 28.7 Å². The molecule has 3 heteroatoms. The molecule has 0 aromatic heterocycles. The van der Waals surface area contributed by atoms with Crippen LogP contribution in [0.4, 0.5) is 10.1 Å². The Labute approximate surface area is 142 Å². The van der Waals surface area contributed by atoms with Gasteiger partial charge in [0.2, 0.25) is 0 Å². The van der Waals surface area contributed by atoms with Crippen molar-refractivity contribution < 1.29 is 9.13 Å². The van der Waals surface area contributed by atoms with Crippen molar-refractivity contribution in [3.05, 3.63) is 90.0 Å². The van der Waals surface area contributed by atoms with E-state index in [1.807, 2.05) is 61.4 Å². The molecule has 24 heavy (non-hydrogen) atoms. The van der Waals surface area contributed by atoms with Crippen molar-refractivity contribution in [2.45, 2.75) is 13.8 Å². The summed E-state index contributed by atoms with van der Waals surface area (Å²) in [4.78, 5) is 1.98. The summed E-state index contributed by atoms with van der Waals surface area (Å²) < 4.78 is 19.6. The molecule has 0 unspecified atom stereocenters. The monoisotopic (exact) mass is 321 g/mol. The average Bonchev–Trinajstić information content (AvgIpc) is 2.57. The van der Waals surface area contributed by atoms with Crippen LogP contribution in [0, 0.1) is 12.7 Å². The van der Waals surface area contributed by atoms with E-state index in [1.165, 1.54) is 6.07 Å². The Morgan fingerprint density at radius 3 is 2.62 bits per heavy atom. The molecule has 1 aliphatic rings. The van der Waals surface area contributed by atoms with Gasteiger partial charge in [-0.15, -0.1) is 0 Å². The lowest BCUT2D eigenvalue weighted by Crippen LogP contribution is -2.17. The van der Waals surface area contributed by atoms with E-state index in [-0.39, 0.29) is 5.82 Å². The number of rotatable bonds is 4. The summed E-state index contributed by atoms with van der Waals surface area (Å²) >= 11 is 0. The van der Waals surface area contributed by atoms with Crippen molar-refractivity contribution in [1.29, 1.82) is 0 Å². The molecule has 2 aromatic carbocycles. The number of hydrogen-bond donors (Lipinski definition) is 0. The van der Waals surface area contributed by atoms with Gasteiger partial charge in [0.05, 0.1) is 6.61 Å². The SMILES string of the molecule is C=C1C=CC(c2ccccc2F)=CN1c1ccc(OCC)cc1C. The molecular weight excluding hydrogens is 301 g/mol. The summed E-state index contributed by atoms with van der Waals surface area (Å²) in [5, 5.41) is 0. The highest BCUT2D eigenvalue weighted by atomic mass is 19.1. The van der Waals surface area contributed by atoms with Gasteiger partial charge in [0.1, 0.15) is 11.6 Å². The third kappa shape index (κ3) is 3.11. The first-order valence-corrected chi connectivity index (χ1v) is 7.96. The number of benzene rings is 2. The lowest BCUT2D eigenvalue weighted by molar-refractivity contribution is 0.340. The second kappa shape index (κ2) is 6.75. The molecule has 3 rings (SSSR count). The van der Waals surface area contributed by atoms with E-state index in [4.69, 9.17) is 4.74 Å². The maximum atomic E-state index is 14.1. The molecule has 0 N–H and O–H groups in total. The first kappa shape index (κ1) is 16.1. The Balaban J connectivity index is 2.00. The van der Waals surface area contributed by atoms with Crippen LogP contribution in [0.1, 0.15) is 18.1 Å². The highest BCUT2D eigenvalue weighted by Crippen LogP contribution is 2.33. The zero-order valence-corrected chi connectivity index (χ0v) is 13.9. The lowest BCUT2D eigenvalue weighted by atomic mass is 10.0. The first-order chi connectivity index (χ1) is 11.6. The molecule has 0 aliphatic carbocycles. The largest absolute Gasteiger partial charge is 0.494 e. The van der Waals surface area contributed by atoms with Gasteiger partial charge in [-0.05, 0) is 49.8 Å². The Hall–Kier alpha value is -2.81. The highest BCUT2D eigenvalue weighted by Gasteiger charge is 2.16. The summed E-state index contributed by atoms with van der Waals surface area (Å²) in [6, 6.07) is 12.7. The average molecular weight is 321 g/mol. The topological polar surface area (TPSA) is 12.5 Å². The zero-order chi connectivity index (χ0) is 17.1.